The zero-order chi connectivity index (χ0) is 10.2. The fourth-order valence-electron chi connectivity index (χ4n) is 1.01. The molecule has 0 bridgehead atoms. The van der Waals surface area contributed by atoms with E-state index >= 15 is 0 Å². The molecule has 0 unspecified atom stereocenters. The van der Waals surface area contributed by atoms with Crippen molar-refractivity contribution in [3.8, 4) is 0 Å². The van der Waals surface area contributed by atoms with Gasteiger partial charge in [0.1, 0.15) is 0 Å². The number of hydrogen-bond donors (Lipinski definition) is 1. The highest BCUT2D eigenvalue weighted by Gasteiger charge is 1.88. The number of carbonyl (C=O) groups excluding carboxylic acids is 1. The maximum atomic E-state index is 9.94. The quantitative estimate of drug-likeness (QED) is 0.582. The van der Waals surface area contributed by atoms with E-state index in [1.165, 1.54) is 6.08 Å². The van der Waals surface area contributed by atoms with Gasteiger partial charge in [0, 0.05) is 6.61 Å². The molecule has 1 aromatic rings. The van der Waals surface area contributed by atoms with Crippen molar-refractivity contribution in [1.29, 1.82) is 0 Å². The fourth-order valence-corrected chi connectivity index (χ4v) is 1.01. The van der Waals surface area contributed by atoms with E-state index in [0.717, 1.165) is 5.56 Å². The second-order valence-electron chi connectivity index (χ2n) is 2.71. The van der Waals surface area contributed by atoms with E-state index in [1.54, 1.807) is 12.1 Å². The Hall–Kier alpha value is -1.70. The van der Waals surface area contributed by atoms with Crippen LogP contribution in [-0.2, 0) is 4.79 Å². The summed E-state index contributed by atoms with van der Waals surface area (Å²) in [6.07, 6.45) is 5.92. The second-order valence-corrected chi connectivity index (χ2v) is 2.71. The molecular formula is C11H11NO2. The largest absolute Gasteiger partial charge is 0.396 e. The lowest BCUT2D eigenvalue weighted by atomic mass is 10.2. The Morgan fingerprint density at radius 1 is 1.36 bits per heavy atom. The summed E-state index contributed by atoms with van der Waals surface area (Å²) < 4.78 is 0. The molecule has 0 saturated heterocycles. The molecule has 0 aliphatic rings. The number of hydrogen-bond acceptors (Lipinski definition) is 3. The van der Waals surface area contributed by atoms with E-state index < -0.39 is 0 Å². The summed E-state index contributed by atoms with van der Waals surface area (Å²) in [7, 11) is 0. The monoisotopic (exact) mass is 189 g/mol. The summed E-state index contributed by atoms with van der Waals surface area (Å²) in [5.41, 5.74) is 1.61. The molecule has 1 rings (SSSR count). The lowest BCUT2D eigenvalue weighted by Gasteiger charge is -1.93. The normalized spacial score (nSPS) is 10.1. The Labute approximate surface area is 82.4 Å². The van der Waals surface area contributed by atoms with Crippen LogP contribution in [0.2, 0.25) is 0 Å². The molecule has 72 valence electrons. The fraction of sp³-hybridized carbons (Fsp3) is 0.182. The first-order valence-corrected chi connectivity index (χ1v) is 4.32. The van der Waals surface area contributed by atoms with Crippen LogP contribution in [0.1, 0.15) is 12.0 Å². The number of rotatable bonds is 4. The van der Waals surface area contributed by atoms with Gasteiger partial charge in [0.25, 0.3) is 0 Å². The van der Waals surface area contributed by atoms with Crippen molar-refractivity contribution in [2.24, 2.45) is 4.99 Å². The molecule has 3 nitrogen and oxygen atoms in total. The molecule has 1 N–H and O–H groups in total. The van der Waals surface area contributed by atoms with Crippen molar-refractivity contribution < 1.29 is 9.90 Å². The molecule has 0 fully saturated rings. The van der Waals surface area contributed by atoms with E-state index in [2.05, 4.69) is 4.99 Å². The lowest BCUT2D eigenvalue weighted by Crippen LogP contribution is -1.76. The third-order valence-corrected chi connectivity index (χ3v) is 1.67. The van der Waals surface area contributed by atoms with Gasteiger partial charge < -0.3 is 5.11 Å². The van der Waals surface area contributed by atoms with Crippen molar-refractivity contribution >= 4 is 17.8 Å². The SMILES string of the molecule is O=C=Nc1ccc(C=CCCO)cc1. The summed E-state index contributed by atoms with van der Waals surface area (Å²) in [5.74, 6) is 0. The van der Waals surface area contributed by atoms with E-state index in [-0.39, 0.29) is 6.61 Å². The first-order valence-electron chi connectivity index (χ1n) is 4.32. The van der Waals surface area contributed by atoms with Crippen LogP contribution in [0.25, 0.3) is 6.08 Å². The van der Waals surface area contributed by atoms with Gasteiger partial charge in [0.15, 0.2) is 0 Å². The minimum absolute atomic E-state index is 0.157. The zero-order valence-corrected chi connectivity index (χ0v) is 7.68. The lowest BCUT2D eigenvalue weighted by molar-refractivity contribution is 0.303. The topological polar surface area (TPSA) is 49.7 Å². The second kappa shape index (κ2) is 5.86. The van der Waals surface area contributed by atoms with Gasteiger partial charge in [-0.15, -0.1) is 0 Å². The van der Waals surface area contributed by atoms with E-state index in [1.807, 2.05) is 24.3 Å². The van der Waals surface area contributed by atoms with Crippen LogP contribution in [0.4, 0.5) is 5.69 Å². The third-order valence-electron chi connectivity index (χ3n) is 1.67. The molecule has 0 aromatic heterocycles. The predicted molar refractivity (Wildman–Crippen MR) is 55.0 cm³/mol. The Morgan fingerprint density at radius 2 is 2.07 bits per heavy atom. The van der Waals surface area contributed by atoms with Crippen LogP contribution in [-0.4, -0.2) is 17.8 Å². The van der Waals surface area contributed by atoms with Crippen LogP contribution in [0.15, 0.2) is 35.3 Å². The Bertz CT molecular complexity index is 348. The van der Waals surface area contributed by atoms with Gasteiger partial charge in [0.2, 0.25) is 6.08 Å². The first kappa shape index (κ1) is 10.4. The smallest absolute Gasteiger partial charge is 0.240 e. The minimum Gasteiger partial charge on any atom is -0.396 e. The number of aliphatic hydroxyl groups excluding tert-OH is 1. The molecule has 0 spiro atoms. The van der Waals surface area contributed by atoms with Gasteiger partial charge in [-0.2, -0.15) is 4.99 Å². The van der Waals surface area contributed by atoms with Crippen LogP contribution in [0.5, 0.6) is 0 Å². The zero-order valence-electron chi connectivity index (χ0n) is 7.68. The highest BCUT2D eigenvalue weighted by Crippen LogP contribution is 2.13. The molecular weight excluding hydrogens is 178 g/mol. The van der Waals surface area contributed by atoms with Crippen LogP contribution >= 0.6 is 0 Å². The molecule has 1 aromatic carbocycles. The standard InChI is InChI=1S/C11H11NO2/c13-8-2-1-3-10-4-6-11(7-5-10)12-9-14/h1,3-7,13H,2,8H2. The summed E-state index contributed by atoms with van der Waals surface area (Å²) in [6.45, 7) is 0.157. The Morgan fingerprint density at radius 3 is 2.64 bits per heavy atom. The van der Waals surface area contributed by atoms with Crippen LogP contribution < -0.4 is 0 Å². The first-order chi connectivity index (χ1) is 6.86. The highest BCUT2D eigenvalue weighted by atomic mass is 16.2. The average molecular weight is 189 g/mol. The van der Waals surface area contributed by atoms with Gasteiger partial charge in [-0.05, 0) is 24.1 Å². The summed E-state index contributed by atoms with van der Waals surface area (Å²) in [4.78, 5) is 13.4. The maximum absolute atomic E-state index is 9.94. The minimum atomic E-state index is 0.157. The number of benzene rings is 1. The van der Waals surface area contributed by atoms with Crippen LogP contribution in [0, 0.1) is 0 Å². The summed E-state index contributed by atoms with van der Waals surface area (Å²) in [5, 5.41) is 8.55. The molecule has 0 atom stereocenters. The summed E-state index contributed by atoms with van der Waals surface area (Å²) >= 11 is 0. The average Bonchev–Trinajstić information content (AvgIpc) is 2.21. The summed E-state index contributed by atoms with van der Waals surface area (Å²) in [6, 6.07) is 7.18. The van der Waals surface area contributed by atoms with E-state index in [4.69, 9.17) is 5.11 Å². The van der Waals surface area contributed by atoms with Crippen molar-refractivity contribution in [2.45, 2.75) is 6.42 Å². The van der Waals surface area contributed by atoms with Gasteiger partial charge >= 0.3 is 0 Å². The molecule has 0 aliphatic carbocycles. The molecule has 0 heterocycles. The number of nitrogens with zero attached hydrogens (tertiary/aromatic N) is 1. The highest BCUT2D eigenvalue weighted by molar-refractivity contribution is 5.55. The van der Waals surface area contributed by atoms with E-state index in [0.29, 0.717) is 12.1 Å². The number of aliphatic imine (C=N–C) groups is 1. The molecule has 0 amide bonds. The third kappa shape index (κ3) is 3.35. The molecule has 3 heteroatoms. The van der Waals surface area contributed by atoms with Gasteiger partial charge in [-0.1, -0.05) is 24.3 Å². The molecule has 0 radical (unpaired) electrons. The molecule has 0 saturated carbocycles. The maximum Gasteiger partial charge on any atom is 0.240 e. The number of aliphatic hydroxyl groups is 1. The van der Waals surface area contributed by atoms with Crippen molar-refractivity contribution in [1.82, 2.24) is 0 Å². The van der Waals surface area contributed by atoms with Crippen molar-refractivity contribution in [3.05, 3.63) is 35.9 Å². The predicted octanol–water partition coefficient (Wildman–Crippen LogP) is 2.05. The Balaban J connectivity index is 2.68. The van der Waals surface area contributed by atoms with Crippen molar-refractivity contribution in [2.75, 3.05) is 6.61 Å². The van der Waals surface area contributed by atoms with Crippen molar-refractivity contribution in [3.63, 3.8) is 0 Å². The van der Waals surface area contributed by atoms with Gasteiger partial charge in [0.05, 0.1) is 5.69 Å². The molecule has 14 heavy (non-hydrogen) atoms. The van der Waals surface area contributed by atoms with Gasteiger partial charge in [-0.3, -0.25) is 0 Å². The van der Waals surface area contributed by atoms with Gasteiger partial charge in [-0.25, -0.2) is 4.79 Å². The van der Waals surface area contributed by atoms with Crippen LogP contribution in [0.3, 0.4) is 0 Å². The number of isocyanates is 1. The Kier molecular flexibility index (Phi) is 4.35. The van der Waals surface area contributed by atoms with E-state index in [9.17, 15) is 4.79 Å². The molecule has 0 aliphatic heterocycles.